The van der Waals surface area contributed by atoms with Crippen molar-refractivity contribution in [2.75, 3.05) is 21.3 Å². The number of methoxy groups -OCH3 is 2. The van der Waals surface area contributed by atoms with Crippen molar-refractivity contribution >= 4 is 11.6 Å². The van der Waals surface area contributed by atoms with E-state index in [0.717, 1.165) is 5.56 Å². The van der Waals surface area contributed by atoms with Crippen molar-refractivity contribution in [2.24, 2.45) is 0 Å². The van der Waals surface area contributed by atoms with Crippen LogP contribution in [0, 0.1) is 10.1 Å². The van der Waals surface area contributed by atoms with Gasteiger partial charge in [-0.1, -0.05) is 12.1 Å². The summed E-state index contributed by atoms with van der Waals surface area (Å²) in [6.45, 7) is 0.335. The predicted molar refractivity (Wildman–Crippen MR) is 88.4 cm³/mol. The lowest BCUT2D eigenvalue weighted by Gasteiger charge is -2.18. The van der Waals surface area contributed by atoms with E-state index in [9.17, 15) is 14.9 Å². The van der Waals surface area contributed by atoms with Crippen LogP contribution in [0.5, 0.6) is 11.5 Å². The number of rotatable bonds is 6. The average molecular weight is 330 g/mol. The van der Waals surface area contributed by atoms with Gasteiger partial charge in [0, 0.05) is 31.3 Å². The zero-order valence-electron chi connectivity index (χ0n) is 13.7. The molecule has 0 bridgehead atoms. The van der Waals surface area contributed by atoms with Crippen LogP contribution in [0.25, 0.3) is 0 Å². The molecule has 1 amide bonds. The summed E-state index contributed by atoms with van der Waals surface area (Å²) in [5.74, 6) is 0.883. The number of benzene rings is 2. The molecule has 24 heavy (non-hydrogen) atoms. The topological polar surface area (TPSA) is 81.9 Å². The van der Waals surface area contributed by atoms with E-state index in [1.165, 1.54) is 23.1 Å². The van der Waals surface area contributed by atoms with Gasteiger partial charge in [-0.15, -0.1) is 0 Å². The fraction of sp³-hybridized carbons (Fsp3) is 0.235. The summed E-state index contributed by atoms with van der Waals surface area (Å²) in [5, 5.41) is 10.8. The molecule has 0 N–H and O–H groups in total. The summed E-state index contributed by atoms with van der Waals surface area (Å²) >= 11 is 0. The van der Waals surface area contributed by atoms with Crippen molar-refractivity contribution in [2.45, 2.75) is 6.54 Å². The first-order valence-corrected chi connectivity index (χ1v) is 7.17. The van der Waals surface area contributed by atoms with Crippen LogP contribution in [-0.4, -0.2) is 37.0 Å². The molecule has 0 saturated carbocycles. The molecule has 7 heteroatoms. The smallest absolute Gasteiger partial charge is 0.270 e. The van der Waals surface area contributed by atoms with Gasteiger partial charge in [0.15, 0.2) is 11.5 Å². The summed E-state index contributed by atoms with van der Waals surface area (Å²) in [7, 11) is 4.73. The first-order valence-electron chi connectivity index (χ1n) is 7.17. The standard InChI is InChI=1S/C17H18N2O5/c1-18(11-12-7-8-15(23-2)16(9-12)24-3)17(20)13-5-4-6-14(10-13)19(21)22/h4-10H,11H2,1-3H3. The van der Waals surface area contributed by atoms with Crippen LogP contribution in [0.2, 0.25) is 0 Å². The first-order chi connectivity index (χ1) is 11.5. The SMILES string of the molecule is COc1ccc(CN(C)C(=O)c2cccc([N+](=O)[O-])c2)cc1OC. The number of amides is 1. The number of nitro benzene ring substituents is 1. The highest BCUT2D eigenvalue weighted by atomic mass is 16.6. The average Bonchev–Trinajstić information content (AvgIpc) is 2.60. The number of carbonyl (C=O) groups excluding carboxylic acids is 1. The highest BCUT2D eigenvalue weighted by molar-refractivity contribution is 5.94. The van der Waals surface area contributed by atoms with Gasteiger partial charge in [-0.3, -0.25) is 14.9 Å². The van der Waals surface area contributed by atoms with E-state index < -0.39 is 4.92 Å². The number of non-ortho nitro benzene ring substituents is 1. The Morgan fingerprint density at radius 2 is 1.83 bits per heavy atom. The molecule has 2 rings (SSSR count). The molecule has 0 aliphatic carbocycles. The molecule has 0 saturated heterocycles. The molecule has 0 aliphatic rings. The summed E-state index contributed by atoms with van der Waals surface area (Å²) < 4.78 is 10.4. The van der Waals surface area contributed by atoms with Gasteiger partial charge in [-0.2, -0.15) is 0 Å². The molecule has 126 valence electrons. The molecule has 2 aromatic rings. The van der Waals surface area contributed by atoms with Gasteiger partial charge in [-0.05, 0) is 23.8 Å². The van der Waals surface area contributed by atoms with Gasteiger partial charge >= 0.3 is 0 Å². The number of carbonyl (C=O) groups is 1. The molecule has 0 radical (unpaired) electrons. The maximum Gasteiger partial charge on any atom is 0.270 e. The number of hydrogen-bond acceptors (Lipinski definition) is 5. The Bertz CT molecular complexity index is 760. The normalized spacial score (nSPS) is 10.1. The van der Waals surface area contributed by atoms with Crippen LogP contribution in [0.1, 0.15) is 15.9 Å². The largest absolute Gasteiger partial charge is 0.493 e. The molecule has 0 atom stereocenters. The van der Waals surface area contributed by atoms with Crippen molar-refractivity contribution in [3.05, 3.63) is 63.7 Å². The van der Waals surface area contributed by atoms with Gasteiger partial charge < -0.3 is 14.4 Å². The third kappa shape index (κ3) is 3.81. The van der Waals surface area contributed by atoms with Crippen LogP contribution in [-0.2, 0) is 6.54 Å². The summed E-state index contributed by atoms with van der Waals surface area (Å²) in [6, 6.07) is 11.1. The zero-order chi connectivity index (χ0) is 17.7. The van der Waals surface area contributed by atoms with Crippen LogP contribution in [0.15, 0.2) is 42.5 Å². The third-order valence-electron chi connectivity index (χ3n) is 3.52. The van der Waals surface area contributed by atoms with Crippen LogP contribution in [0.4, 0.5) is 5.69 Å². The third-order valence-corrected chi connectivity index (χ3v) is 3.52. The molecular weight excluding hydrogens is 312 g/mol. The molecule has 0 unspecified atom stereocenters. The molecule has 7 nitrogen and oxygen atoms in total. The number of hydrogen-bond donors (Lipinski definition) is 0. The van der Waals surface area contributed by atoms with Crippen LogP contribution in [0.3, 0.4) is 0 Å². The van der Waals surface area contributed by atoms with E-state index in [1.54, 1.807) is 39.5 Å². The lowest BCUT2D eigenvalue weighted by Crippen LogP contribution is -2.26. The fourth-order valence-corrected chi connectivity index (χ4v) is 2.30. The molecule has 0 aromatic heterocycles. The Morgan fingerprint density at radius 3 is 2.46 bits per heavy atom. The summed E-state index contributed by atoms with van der Waals surface area (Å²) in [5.41, 5.74) is 1.02. The number of ether oxygens (including phenoxy) is 2. The van der Waals surface area contributed by atoms with E-state index in [-0.39, 0.29) is 17.2 Å². The van der Waals surface area contributed by atoms with Crippen molar-refractivity contribution in [3.8, 4) is 11.5 Å². The van der Waals surface area contributed by atoms with E-state index in [2.05, 4.69) is 0 Å². The van der Waals surface area contributed by atoms with E-state index in [1.807, 2.05) is 6.07 Å². The van der Waals surface area contributed by atoms with Crippen LogP contribution < -0.4 is 9.47 Å². The Kier molecular flexibility index (Phi) is 5.36. The minimum Gasteiger partial charge on any atom is -0.493 e. The molecule has 0 heterocycles. The van der Waals surface area contributed by atoms with Crippen molar-refractivity contribution < 1.29 is 19.2 Å². The predicted octanol–water partition coefficient (Wildman–Crippen LogP) is 2.88. The minimum atomic E-state index is -0.523. The molecule has 0 aliphatic heterocycles. The van der Waals surface area contributed by atoms with E-state index >= 15 is 0 Å². The highest BCUT2D eigenvalue weighted by Crippen LogP contribution is 2.28. The monoisotopic (exact) mass is 330 g/mol. The van der Waals surface area contributed by atoms with Gasteiger partial charge in [0.2, 0.25) is 0 Å². The summed E-state index contributed by atoms with van der Waals surface area (Å²) in [4.78, 5) is 24.2. The number of nitrogens with zero attached hydrogens (tertiary/aromatic N) is 2. The zero-order valence-corrected chi connectivity index (χ0v) is 13.7. The molecule has 0 fully saturated rings. The summed E-state index contributed by atoms with van der Waals surface area (Å²) in [6.07, 6.45) is 0. The van der Waals surface area contributed by atoms with Gasteiger partial charge in [0.1, 0.15) is 0 Å². The highest BCUT2D eigenvalue weighted by Gasteiger charge is 2.16. The Balaban J connectivity index is 2.17. The fourth-order valence-electron chi connectivity index (χ4n) is 2.30. The second-order valence-electron chi connectivity index (χ2n) is 5.16. The van der Waals surface area contributed by atoms with Crippen molar-refractivity contribution in [1.29, 1.82) is 0 Å². The quantitative estimate of drug-likeness (QED) is 0.601. The van der Waals surface area contributed by atoms with Crippen LogP contribution >= 0.6 is 0 Å². The Hall–Kier alpha value is -3.09. The van der Waals surface area contributed by atoms with E-state index in [4.69, 9.17) is 9.47 Å². The Morgan fingerprint density at radius 1 is 1.12 bits per heavy atom. The van der Waals surface area contributed by atoms with Crippen molar-refractivity contribution in [1.82, 2.24) is 4.90 Å². The molecular formula is C17H18N2O5. The lowest BCUT2D eigenvalue weighted by atomic mass is 10.1. The minimum absolute atomic E-state index is 0.111. The van der Waals surface area contributed by atoms with Gasteiger partial charge in [0.25, 0.3) is 11.6 Å². The second-order valence-corrected chi connectivity index (χ2v) is 5.16. The van der Waals surface area contributed by atoms with Gasteiger partial charge in [0.05, 0.1) is 19.1 Å². The maximum atomic E-state index is 12.4. The second kappa shape index (κ2) is 7.45. The maximum absolute atomic E-state index is 12.4. The molecule has 2 aromatic carbocycles. The molecule has 0 spiro atoms. The van der Waals surface area contributed by atoms with Gasteiger partial charge in [-0.25, -0.2) is 0 Å². The number of nitro groups is 1. The first kappa shape index (κ1) is 17.3. The van der Waals surface area contributed by atoms with Crippen molar-refractivity contribution in [3.63, 3.8) is 0 Å². The van der Waals surface area contributed by atoms with E-state index in [0.29, 0.717) is 18.0 Å². The Labute approximate surface area is 139 Å². The lowest BCUT2D eigenvalue weighted by molar-refractivity contribution is -0.384.